The summed E-state index contributed by atoms with van der Waals surface area (Å²) < 4.78 is 35.4. The maximum atomic E-state index is 11.8. The number of carboxylic acids is 1. The Bertz CT molecular complexity index is 206. The van der Waals surface area contributed by atoms with Crippen LogP contribution in [-0.4, -0.2) is 41.8 Å². The van der Waals surface area contributed by atoms with Crippen molar-refractivity contribution in [3.63, 3.8) is 0 Å². The van der Waals surface area contributed by atoms with Crippen LogP contribution in [0, 0.1) is 0 Å². The van der Waals surface area contributed by atoms with Crippen LogP contribution in [0.4, 0.5) is 13.2 Å². The number of halogens is 3. The molecule has 1 unspecified atom stereocenters. The molecule has 0 fully saturated rings. The summed E-state index contributed by atoms with van der Waals surface area (Å²) in [6.07, 6.45) is -4.54. The normalized spacial score (nSPS) is 14.3. The van der Waals surface area contributed by atoms with Gasteiger partial charge in [0.2, 0.25) is 0 Å². The van der Waals surface area contributed by atoms with Gasteiger partial charge >= 0.3 is 12.1 Å². The van der Waals surface area contributed by atoms with Crippen molar-refractivity contribution in [3.05, 3.63) is 0 Å². The molecule has 1 N–H and O–H groups in total. The first-order chi connectivity index (χ1) is 6.72. The quantitative estimate of drug-likeness (QED) is 0.755. The van der Waals surface area contributed by atoms with Crippen LogP contribution < -0.4 is 0 Å². The number of rotatable bonds is 6. The number of aliphatic carboxylic acids is 1. The van der Waals surface area contributed by atoms with Crippen molar-refractivity contribution in [2.24, 2.45) is 0 Å². The summed E-state index contributed by atoms with van der Waals surface area (Å²) in [6.45, 7) is 1.58. The second-order valence-electron chi connectivity index (χ2n) is 3.67. The second-order valence-corrected chi connectivity index (χ2v) is 3.67. The van der Waals surface area contributed by atoms with Crippen LogP contribution in [0.25, 0.3) is 0 Å². The molecule has 0 spiro atoms. The molecule has 0 saturated heterocycles. The Hall–Kier alpha value is -0.780. The molecule has 0 heterocycles. The van der Waals surface area contributed by atoms with Crippen LogP contribution in [0.1, 0.15) is 26.2 Å². The molecule has 0 aromatic heterocycles. The highest BCUT2D eigenvalue weighted by Crippen LogP contribution is 2.23. The van der Waals surface area contributed by atoms with Crippen LogP contribution in [0.5, 0.6) is 0 Å². The van der Waals surface area contributed by atoms with E-state index in [4.69, 9.17) is 5.11 Å². The van der Waals surface area contributed by atoms with Gasteiger partial charge in [-0.2, -0.15) is 13.2 Å². The van der Waals surface area contributed by atoms with Gasteiger partial charge in [0.25, 0.3) is 0 Å². The molecule has 0 saturated carbocycles. The van der Waals surface area contributed by atoms with Crippen molar-refractivity contribution in [3.8, 4) is 0 Å². The third-order valence-corrected chi connectivity index (χ3v) is 2.22. The van der Waals surface area contributed by atoms with Gasteiger partial charge in [0.15, 0.2) is 0 Å². The van der Waals surface area contributed by atoms with Gasteiger partial charge in [-0.25, -0.2) is 0 Å². The molecule has 0 bridgehead atoms. The Morgan fingerprint density at radius 1 is 1.47 bits per heavy atom. The van der Waals surface area contributed by atoms with Gasteiger partial charge in [-0.05, 0) is 26.8 Å². The van der Waals surface area contributed by atoms with Gasteiger partial charge in [-0.3, -0.25) is 9.69 Å². The number of likely N-dealkylation sites (N-methyl/N-ethyl adjacent to an activating group) is 1. The van der Waals surface area contributed by atoms with E-state index in [2.05, 4.69) is 0 Å². The van der Waals surface area contributed by atoms with E-state index in [9.17, 15) is 18.0 Å². The van der Waals surface area contributed by atoms with E-state index in [1.807, 2.05) is 0 Å². The number of hydrogen-bond acceptors (Lipinski definition) is 2. The molecule has 0 aliphatic heterocycles. The zero-order valence-electron chi connectivity index (χ0n) is 8.84. The van der Waals surface area contributed by atoms with Crippen molar-refractivity contribution >= 4 is 5.97 Å². The molecule has 90 valence electrons. The fourth-order valence-corrected chi connectivity index (χ4v) is 1.19. The smallest absolute Gasteiger partial charge is 0.389 e. The highest BCUT2D eigenvalue weighted by molar-refractivity contribution is 5.69. The van der Waals surface area contributed by atoms with Crippen molar-refractivity contribution in [2.75, 3.05) is 13.6 Å². The lowest BCUT2D eigenvalue weighted by Gasteiger charge is -2.22. The molecule has 6 heteroatoms. The van der Waals surface area contributed by atoms with Crippen LogP contribution in [0.3, 0.4) is 0 Å². The monoisotopic (exact) mass is 227 g/mol. The first-order valence-electron chi connectivity index (χ1n) is 4.71. The molecular weight excluding hydrogens is 211 g/mol. The van der Waals surface area contributed by atoms with E-state index in [1.165, 1.54) is 4.90 Å². The lowest BCUT2D eigenvalue weighted by molar-refractivity contribution is -0.140. The zero-order chi connectivity index (χ0) is 12.1. The number of carbonyl (C=O) groups is 1. The van der Waals surface area contributed by atoms with Crippen LogP contribution >= 0.6 is 0 Å². The summed E-state index contributed by atoms with van der Waals surface area (Å²) in [4.78, 5) is 11.9. The molecule has 1 atom stereocenters. The van der Waals surface area contributed by atoms with Gasteiger partial charge in [0.1, 0.15) is 0 Å². The van der Waals surface area contributed by atoms with Crippen LogP contribution in [0.2, 0.25) is 0 Å². The van der Waals surface area contributed by atoms with Crippen molar-refractivity contribution in [1.29, 1.82) is 0 Å². The average Bonchev–Trinajstić information content (AvgIpc) is 2.00. The summed E-state index contributed by atoms with van der Waals surface area (Å²) >= 11 is 0. The molecule has 0 aromatic rings. The van der Waals surface area contributed by atoms with Gasteiger partial charge < -0.3 is 5.11 Å². The Kier molecular flexibility index (Phi) is 5.64. The number of alkyl halides is 3. The van der Waals surface area contributed by atoms with E-state index >= 15 is 0 Å². The maximum absolute atomic E-state index is 11.8. The average molecular weight is 227 g/mol. The largest absolute Gasteiger partial charge is 0.480 e. The van der Waals surface area contributed by atoms with Crippen LogP contribution in [-0.2, 0) is 4.79 Å². The molecule has 0 aliphatic carbocycles. The zero-order valence-corrected chi connectivity index (χ0v) is 8.84. The Labute approximate surface area is 86.9 Å². The summed E-state index contributed by atoms with van der Waals surface area (Å²) in [5.41, 5.74) is 0. The van der Waals surface area contributed by atoms with E-state index < -0.39 is 18.6 Å². The predicted molar refractivity (Wildman–Crippen MR) is 49.6 cm³/mol. The fourth-order valence-electron chi connectivity index (χ4n) is 1.19. The minimum absolute atomic E-state index is 0.0363. The minimum atomic E-state index is -4.12. The Morgan fingerprint density at radius 2 is 2.00 bits per heavy atom. The van der Waals surface area contributed by atoms with Crippen molar-refractivity contribution in [1.82, 2.24) is 4.90 Å². The second kappa shape index (κ2) is 5.95. The lowest BCUT2D eigenvalue weighted by atomic mass is 10.1. The summed E-state index contributed by atoms with van der Waals surface area (Å²) in [5.74, 6) is -0.972. The molecule has 0 radical (unpaired) electrons. The van der Waals surface area contributed by atoms with Gasteiger partial charge in [0.05, 0.1) is 6.54 Å². The third-order valence-electron chi connectivity index (χ3n) is 2.22. The van der Waals surface area contributed by atoms with Crippen LogP contribution in [0.15, 0.2) is 0 Å². The van der Waals surface area contributed by atoms with Gasteiger partial charge in [-0.1, -0.05) is 0 Å². The molecule has 3 nitrogen and oxygen atoms in total. The predicted octanol–water partition coefficient (Wildman–Crippen LogP) is 2.12. The molecule has 0 aromatic carbocycles. The third kappa shape index (κ3) is 8.23. The Balaban J connectivity index is 3.73. The number of hydrogen-bond donors (Lipinski definition) is 1. The first kappa shape index (κ1) is 14.2. The topological polar surface area (TPSA) is 40.5 Å². The van der Waals surface area contributed by atoms with E-state index in [0.717, 1.165) is 0 Å². The fraction of sp³-hybridized carbons (Fsp3) is 0.889. The minimum Gasteiger partial charge on any atom is -0.480 e. The summed E-state index contributed by atoms with van der Waals surface area (Å²) in [5, 5.41) is 8.47. The summed E-state index contributed by atoms with van der Waals surface area (Å²) in [7, 11) is 1.59. The molecule has 0 amide bonds. The lowest BCUT2D eigenvalue weighted by Crippen LogP contribution is -2.33. The SMILES string of the molecule is CC(CCCC(F)(F)F)N(C)CC(=O)O. The highest BCUT2D eigenvalue weighted by Gasteiger charge is 2.26. The van der Waals surface area contributed by atoms with E-state index in [0.29, 0.717) is 6.42 Å². The summed E-state index contributed by atoms with van der Waals surface area (Å²) in [6, 6.07) is -0.150. The first-order valence-corrected chi connectivity index (χ1v) is 4.71. The van der Waals surface area contributed by atoms with Crippen molar-refractivity contribution in [2.45, 2.75) is 38.4 Å². The number of carboxylic acid groups (broad SMARTS) is 1. The molecule has 15 heavy (non-hydrogen) atoms. The van der Waals surface area contributed by atoms with Gasteiger partial charge in [0, 0.05) is 12.5 Å². The maximum Gasteiger partial charge on any atom is 0.389 e. The molecule has 0 rings (SSSR count). The van der Waals surface area contributed by atoms with Crippen molar-refractivity contribution < 1.29 is 23.1 Å². The number of nitrogens with zero attached hydrogens (tertiary/aromatic N) is 1. The van der Waals surface area contributed by atoms with Gasteiger partial charge in [-0.15, -0.1) is 0 Å². The Morgan fingerprint density at radius 3 is 2.40 bits per heavy atom. The molecular formula is C9H16F3NO2. The highest BCUT2D eigenvalue weighted by atomic mass is 19.4. The van der Waals surface area contributed by atoms with E-state index in [-0.39, 0.29) is 19.0 Å². The standard InChI is InChI=1S/C9H16F3NO2/c1-7(13(2)6-8(14)15)4-3-5-9(10,11)12/h7H,3-6H2,1-2H3,(H,14,15). The molecule has 0 aliphatic rings. The van der Waals surface area contributed by atoms with E-state index in [1.54, 1.807) is 14.0 Å².